The van der Waals surface area contributed by atoms with Gasteiger partial charge in [-0.1, -0.05) is 26.7 Å². The Balaban J connectivity index is 1.87. The van der Waals surface area contributed by atoms with Crippen molar-refractivity contribution in [1.29, 1.82) is 0 Å². The second kappa shape index (κ2) is 7.16. The lowest BCUT2D eigenvalue weighted by atomic mass is 9.91. The van der Waals surface area contributed by atoms with Gasteiger partial charge in [0.05, 0.1) is 0 Å². The van der Waals surface area contributed by atoms with E-state index in [4.69, 9.17) is 0 Å². The molecule has 1 saturated carbocycles. The molecule has 0 bridgehead atoms. The highest BCUT2D eigenvalue weighted by Crippen LogP contribution is 2.30. The van der Waals surface area contributed by atoms with Gasteiger partial charge in [-0.3, -0.25) is 4.90 Å². The van der Waals surface area contributed by atoms with Crippen LogP contribution in [-0.2, 0) is 0 Å². The maximum absolute atomic E-state index is 3.72. The zero-order chi connectivity index (χ0) is 13.0. The van der Waals surface area contributed by atoms with Crippen LogP contribution in [-0.4, -0.2) is 48.1 Å². The molecule has 1 aliphatic carbocycles. The number of nitrogens with zero attached hydrogens (tertiary/aromatic N) is 1. The summed E-state index contributed by atoms with van der Waals surface area (Å²) in [6.07, 6.45) is 9.32. The summed E-state index contributed by atoms with van der Waals surface area (Å²) in [6.45, 7) is 8.44. The highest BCUT2D eigenvalue weighted by atomic mass is 32.2. The van der Waals surface area contributed by atoms with Gasteiger partial charge < -0.3 is 5.32 Å². The lowest BCUT2D eigenvalue weighted by molar-refractivity contribution is 0.101. The van der Waals surface area contributed by atoms with Crippen molar-refractivity contribution in [3.63, 3.8) is 0 Å². The first-order valence-corrected chi connectivity index (χ1v) is 9.03. The van der Waals surface area contributed by atoms with Crippen LogP contribution in [0.2, 0.25) is 0 Å². The standard InChI is InChI=1S/C15H30N2S/c1-4-12(2)15-11-17(9-8-16-15)13-6-5-7-14(10-13)18-3/h12-16H,4-11H2,1-3H3. The molecule has 0 aromatic carbocycles. The minimum atomic E-state index is 0.721. The Kier molecular flexibility index (Phi) is 5.84. The molecule has 2 nitrogen and oxygen atoms in total. The van der Waals surface area contributed by atoms with Crippen LogP contribution in [0.15, 0.2) is 0 Å². The molecule has 0 radical (unpaired) electrons. The van der Waals surface area contributed by atoms with Crippen molar-refractivity contribution in [2.24, 2.45) is 5.92 Å². The van der Waals surface area contributed by atoms with Gasteiger partial charge in [-0.25, -0.2) is 0 Å². The van der Waals surface area contributed by atoms with E-state index >= 15 is 0 Å². The second-order valence-electron chi connectivity index (χ2n) is 6.12. The molecule has 4 unspecified atom stereocenters. The molecule has 1 N–H and O–H groups in total. The van der Waals surface area contributed by atoms with E-state index in [1.165, 1.54) is 51.7 Å². The number of rotatable bonds is 4. The molecule has 0 aromatic heterocycles. The zero-order valence-electron chi connectivity index (χ0n) is 12.3. The first kappa shape index (κ1) is 14.7. The van der Waals surface area contributed by atoms with E-state index in [1.807, 2.05) is 0 Å². The fourth-order valence-corrected chi connectivity index (χ4v) is 4.28. The molecule has 2 aliphatic rings. The predicted octanol–water partition coefficient (Wildman–Crippen LogP) is 2.98. The number of piperazine rings is 1. The van der Waals surface area contributed by atoms with E-state index in [0.717, 1.165) is 23.3 Å². The molecule has 3 heteroatoms. The molecule has 0 amide bonds. The van der Waals surface area contributed by atoms with Crippen molar-refractivity contribution < 1.29 is 0 Å². The lowest BCUT2D eigenvalue weighted by Gasteiger charge is -2.43. The van der Waals surface area contributed by atoms with E-state index in [-0.39, 0.29) is 0 Å². The van der Waals surface area contributed by atoms with Gasteiger partial charge in [-0.05, 0) is 31.4 Å². The quantitative estimate of drug-likeness (QED) is 0.845. The summed E-state index contributed by atoms with van der Waals surface area (Å²) in [5, 5.41) is 4.63. The summed E-state index contributed by atoms with van der Waals surface area (Å²) in [7, 11) is 0. The van der Waals surface area contributed by atoms with E-state index in [0.29, 0.717) is 0 Å². The molecule has 18 heavy (non-hydrogen) atoms. The van der Waals surface area contributed by atoms with Crippen molar-refractivity contribution in [3.8, 4) is 0 Å². The molecule has 1 saturated heterocycles. The first-order chi connectivity index (χ1) is 8.74. The minimum Gasteiger partial charge on any atom is -0.311 e. The Hall–Kier alpha value is 0.270. The summed E-state index contributed by atoms with van der Waals surface area (Å²) in [5.74, 6) is 0.813. The zero-order valence-corrected chi connectivity index (χ0v) is 13.1. The van der Waals surface area contributed by atoms with Crippen LogP contribution in [0.1, 0.15) is 46.0 Å². The molecule has 1 heterocycles. The van der Waals surface area contributed by atoms with E-state index in [2.05, 4.69) is 42.1 Å². The third kappa shape index (κ3) is 3.64. The predicted molar refractivity (Wildman–Crippen MR) is 82.4 cm³/mol. The van der Waals surface area contributed by atoms with E-state index in [1.54, 1.807) is 0 Å². The van der Waals surface area contributed by atoms with Crippen LogP contribution >= 0.6 is 11.8 Å². The number of hydrogen-bond acceptors (Lipinski definition) is 3. The van der Waals surface area contributed by atoms with Gasteiger partial charge in [0.2, 0.25) is 0 Å². The van der Waals surface area contributed by atoms with Crippen LogP contribution in [0.25, 0.3) is 0 Å². The average molecular weight is 270 g/mol. The maximum Gasteiger partial charge on any atom is 0.0221 e. The van der Waals surface area contributed by atoms with E-state index in [9.17, 15) is 0 Å². The molecular formula is C15H30N2S. The molecule has 2 rings (SSSR count). The van der Waals surface area contributed by atoms with Gasteiger partial charge in [0.25, 0.3) is 0 Å². The van der Waals surface area contributed by atoms with Crippen LogP contribution in [0.4, 0.5) is 0 Å². The third-order valence-electron chi connectivity index (χ3n) is 5.02. The Labute approximate surface area is 117 Å². The van der Waals surface area contributed by atoms with Crippen LogP contribution in [0, 0.1) is 5.92 Å². The first-order valence-electron chi connectivity index (χ1n) is 7.74. The Bertz CT molecular complexity index is 245. The summed E-state index contributed by atoms with van der Waals surface area (Å²) < 4.78 is 0. The van der Waals surface area contributed by atoms with Gasteiger partial charge in [-0.2, -0.15) is 11.8 Å². The molecular weight excluding hydrogens is 240 g/mol. The van der Waals surface area contributed by atoms with E-state index < -0.39 is 0 Å². The minimum absolute atomic E-state index is 0.721. The van der Waals surface area contributed by atoms with Crippen molar-refractivity contribution >= 4 is 11.8 Å². The van der Waals surface area contributed by atoms with Gasteiger partial charge >= 0.3 is 0 Å². The monoisotopic (exact) mass is 270 g/mol. The Morgan fingerprint density at radius 1 is 1.39 bits per heavy atom. The molecule has 1 aliphatic heterocycles. The van der Waals surface area contributed by atoms with Crippen molar-refractivity contribution in [1.82, 2.24) is 10.2 Å². The fraction of sp³-hybridized carbons (Fsp3) is 1.00. The number of hydrogen-bond donors (Lipinski definition) is 1. The molecule has 0 spiro atoms. The fourth-order valence-electron chi connectivity index (χ4n) is 3.47. The summed E-state index contributed by atoms with van der Waals surface area (Å²) >= 11 is 2.08. The van der Waals surface area contributed by atoms with Crippen LogP contribution in [0.3, 0.4) is 0 Å². The Morgan fingerprint density at radius 3 is 2.94 bits per heavy atom. The summed E-state index contributed by atoms with van der Waals surface area (Å²) in [5.41, 5.74) is 0. The summed E-state index contributed by atoms with van der Waals surface area (Å²) in [4.78, 5) is 2.79. The number of nitrogens with one attached hydrogen (secondary N) is 1. The smallest absolute Gasteiger partial charge is 0.0221 e. The largest absolute Gasteiger partial charge is 0.311 e. The average Bonchev–Trinajstić information content (AvgIpc) is 2.46. The normalized spacial score (nSPS) is 36.5. The van der Waals surface area contributed by atoms with Gasteiger partial charge in [0.15, 0.2) is 0 Å². The third-order valence-corrected chi connectivity index (χ3v) is 6.11. The lowest BCUT2D eigenvalue weighted by Crippen LogP contribution is -2.56. The van der Waals surface area contributed by atoms with Crippen LogP contribution in [0.5, 0.6) is 0 Å². The second-order valence-corrected chi connectivity index (χ2v) is 7.26. The van der Waals surface area contributed by atoms with Crippen molar-refractivity contribution in [2.45, 2.75) is 63.3 Å². The SMILES string of the molecule is CCC(C)C1CN(C2CCCC(SC)C2)CCN1. The number of thioether (sulfide) groups is 1. The highest BCUT2D eigenvalue weighted by Gasteiger charge is 2.31. The summed E-state index contributed by atoms with van der Waals surface area (Å²) in [6, 6.07) is 1.59. The van der Waals surface area contributed by atoms with Gasteiger partial charge in [-0.15, -0.1) is 0 Å². The molecule has 4 atom stereocenters. The van der Waals surface area contributed by atoms with Crippen molar-refractivity contribution in [2.75, 3.05) is 25.9 Å². The van der Waals surface area contributed by atoms with Gasteiger partial charge in [0.1, 0.15) is 0 Å². The Morgan fingerprint density at radius 2 is 2.22 bits per heavy atom. The highest BCUT2D eigenvalue weighted by molar-refractivity contribution is 7.99. The van der Waals surface area contributed by atoms with Gasteiger partial charge in [0, 0.05) is 37.0 Å². The molecule has 106 valence electrons. The molecule has 0 aromatic rings. The maximum atomic E-state index is 3.72. The van der Waals surface area contributed by atoms with Crippen LogP contribution < -0.4 is 5.32 Å². The topological polar surface area (TPSA) is 15.3 Å². The van der Waals surface area contributed by atoms with Crippen molar-refractivity contribution in [3.05, 3.63) is 0 Å². The molecule has 2 fully saturated rings.